The third-order valence-corrected chi connectivity index (χ3v) is 4.14. The molecule has 2 rings (SSSR count). The van der Waals surface area contributed by atoms with Gasteiger partial charge in [0, 0.05) is 5.92 Å². The highest BCUT2D eigenvalue weighted by molar-refractivity contribution is 5.34. The summed E-state index contributed by atoms with van der Waals surface area (Å²) in [7, 11) is 0. The number of aryl methyl sites for hydroxylation is 2. The van der Waals surface area contributed by atoms with E-state index in [-0.39, 0.29) is 5.41 Å². The van der Waals surface area contributed by atoms with Crippen LogP contribution >= 0.6 is 0 Å². The molecule has 0 amide bonds. The molecule has 0 aliphatic carbocycles. The second kappa shape index (κ2) is 6.34. The first-order valence-electron chi connectivity index (χ1n) is 7.63. The fourth-order valence-electron chi connectivity index (χ4n) is 2.51. The summed E-state index contributed by atoms with van der Waals surface area (Å²) in [5.41, 5.74) is 4.09. The largest absolute Gasteiger partial charge is 0.493 e. The first-order chi connectivity index (χ1) is 9.88. The lowest BCUT2D eigenvalue weighted by molar-refractivity contribution is 0.203. The van der Waals surface area contributed by atoms with E-state index >= 15 is 0 Å². The van der Waals surface area contributed by atoms with Crippen molar-refractivity contribution in [3.63, 3.8) is 0 Å². The van der Waals surface area contributed by atoms with E-state index in [0.717, 1.165) is 5.75 Å². The highest BCUT2D eigenvalue weighted by Crippen LogP contribution is 2.35. The summed E-state index contributed by atoms with van der Waals surface area (Å²) in [6.07, 6.45) is 0. The maximum Gasteiger partial charge on any atom is 0.119 e. The van der Waals surface area contributed by atoms with E-state index in [1.807, 2.05) is 0 Å². The molecule has 0 aliphatic rings. The standard InChI is InChI=1S/C20H26O/c1-15-11-12-18(13-16(15)2)21-14-19(20(3,4)5)17-9-7-6-8-10-17/h6-13,19H,14H2,1-5H3. The minimum atomic E-state index is 0.168. The molecule has 2 aromatic rings. The van der Waals surface area contributed by atoms with Gasteiger partial charge in [-0.15, -0.1) is 0 Å². The average molecular weight is 282 g/mol. The van der Waals surface area contributed by atoms with Crippen LogP contribution in [0.25, 0.3) is 0 Å². The van der Waals surface area contributed by atoms with Crippen LogP contribution in [0.2, 0.25) is 0 Å². The van der Waals surface area contributed by atoms with E-state index in [2.05, 4.69) is 83.1 Å². The lowest BCUT2D eigenvalue weighted by atomic mass is 9.77. The first-order valence-corrected chi connectivity index (χ1v) is 7.63. The zero-order valence-corrected chi connectivity index (χ0v) is 13.8. The SMILES string of the molecule is Cc1ccc(OCC(c2ccccc2)C(C)(C)C)cc1C. The Morgan fingerprint density at radius 2 is 1.57 bits per heavy atom. The molecule has 2 aromatic carbocycles. The summed E-state index contributed by atoms with van der Waals surface area (Å²) in [6, 6.07) is 17.0. The van der Waals surface area contributed by atoms with Crippen molar-refractivity contribution in [1.29, 1.82) is 0 Å². The maximum absolute atomic E-state index is 6.08. The van der Waals surface area contributed by atoms with E-state index in [1.54, 1.807) is 0 Å². The zero-order chi connectivity index (χ0) is 15.5. The van der Waals surface area contributed by atoms with Gasteiger partial charge in [-0.25, -0.2) is 0 Å². The highest BCUT2D eigenvalue weighted by atomic mass is 16.5. The molecule has 0 saturated heterocycles. The molecule has 0 aliphatic heterocycles. The molecule has 0 radical (unpaired) electrons. The highest BCUT2D eigenvalue weighted by Gasteiger charge is 2.26. The fraction of sp³-hybridized carbons (Fsp3) is 0.400. The molecule has 0 fully saturated rings. The van der Waals surface area contributed by atoms with Gasteiger partial charge in [-0.05, 0) is 48.1 Å². The predicted octanol–water partition coefficient (Wildman–Crippen LogP) is 5.51. The van der Waals surface area contributed by atoms with Crippen molar-refractivity contribution in [2.24, 2.45) is 5.41 Å². The van der Waals surface area contributed by atoms with Crippen LogP contribution in [-0.2, 0) is 0 Å². The average Bonchev–Trinajstić information content (AvgIpc) is 2.43. The van der Waals surface area contributed by atoms with Crippen molar-refractivity contribution in [3.05, 3.63) is 65.2 Å². The van der Waals surface area contributed by atoms with Crippen LogP contribution in [0.15, 0.2) is 48.5 Å². The lowest BCUT2D eigenvalue weighted by Gasteiger charge is -2.31. The molecule has 0 N–H and O–H groups in total. The molecule has 1 unspecified atom stereocenters. The Bertz CT molecular complexity index is 579. The van der Waals surface area contributed by atoms with Crippen molar-refractivity contribution in [2.45, 2.75) is 40.5 Å². The van der Waals surface area contributed by atoms with Crippen molar-refractivity contribution in [3.8, 4) is 5.75 Å². The Labute approximate surface area is 129 Å². The Morgan fingerprint density at radius 3 is 2.14 bits per heavy atom. The minimum absolute atomic E-state index is 0.168. The Hall–Kier alpha value is -1.76. The molecule has 1 heteroatoms. The molecule has 0 bridgehead atoms. The third-order valence-electron chi connectivity index (χ3n) is 4.14. The summed E-state index contributed by atoms with van der Waals surface area (Å²) in [6.45, 7) is 11.8. The summed E-state index contributed by atoms with van der Waals surface area (Å²) in [5, 5.41) is 0. The number of rotatable bonds is 4. The van der Waals surface area contributed by atoms with Gasteiger partial charge in [-0.1, -0.05) is 57.2 Å². The van der Waals surface area contributed by atoms with Crippen molar-refractivity contribution >= 4 is 0 Å². The van der Waals surface area contributed by atoms with Gasteiger partial charge in [0.05, 0.1) is 6.61 Å². The van der Waals surface area contributed by atoms with Crippen molar-refractivity contribution < 1.29 is 4.74 Å². The summed E-state index contributed by atoms with van der Waals surface area (Å²) < 4.78 is 6.08. The molecular formula is C20H26O. The van der Waals surface area contributed by atoms with E-state index in [1.165, 1.54) is 16.7 Å². The fourth-order valence-corrected chi connectivity index (χ4v) is 2.51. The van der Waals surface area contributed by atoms with Gasteiger partial charge >= 0.3 is 0 Å². The van der Waals surface area contributed by atoms with Crippen LogP contribution in [-0.4, -0.2) is 6.61 Å². The summed E-state index contributed by atoms with van der Waals surface area (Å²) >= 11 is 0. The molecule has 1 nitrogen and oxygen atoms in total. The van der Waals surface area contributed by atoms with Gasteiger partial charge in [0.1, 0.15) is 5.75 Å². The van der Waals surface area contributed by atoms with E-state index in [9.17, 15) is 0 Å². The normalized spacial score (nSPS) is 13.0. The number of hydrogen-bond acceptors (Lipinski definition) is 1. The van der Waals surface area contributed by atoms with Gasteiger partial charge < -0.3 is 4.74 Å². The zero-order valence-electron chi connectivity index (χ0n) is 13.8. The van der Waals surface area contributed by atoms with E-state index < -0.39 is 0 Å². The van der Waals surface area contributed by atoms with Crippen LogP contribution in [0.5, 0.6) is 5.75 Å². The van der Waals surface area contributed by atoms with Crippen molar-refractivity contribution in [1.82, 2.24) is 0 Å². The van der Waals surface area contributed by atoms with E-state index in [0.29, 0.717) is 12.5 Å². The predicted molar refractivity (Wildman–Crippen MR) is 90.0 cm³/mol. The third kappa shape index (κ3) is 4.10. The molecule has 112 valence electrons. The summed E-state index contributed by atoms with van der Waals surface area (Å²) in [5.74, 6) is 1.34. The van der Waals surface area contributed by atoms with Gasteiger partial charge in [-0.3, -0.25) is 0 Å². The summed E-state index contributed by atoms with van der Waals surface area (Å²) in [4.78, 5) is 0. The first kappa shape index (κ1) is 15.6. The van der Waals surface area contributed by atoms with Gasteiger partial charge in [0.15, 0.2) is 0 Å². The van der Waals surface area contributed by atoms with Gasteiger partial charge in [-0.2, -0.15) is 0 Å². The molecule has 0 spiro atoms. The number of ether oxygens (including phenoxy) is 1. The Balaban J connectivity index is 2.15. The quantitative estimate of drug-likeness (QED) is 0.718. The van der Waals surface area contributed by atoms with Gasteiger partial charge in [0.25, 0.3) is 0 Å². The monoisotopic (exact) mass is 282 g/mol. The Kier molecular flexibility index (Phi) is 4.72. The molecular weight excluding hydrogens is 256 g/mol. The molecule has 1 atom stereocenters. The second-order valence-corrected chi connectivity index (χ2v) is 6.89. The molecule has 0 aromatic heterocycles. The van der Waals surface area contributed by atoms with Crippen LogP contribution in [0.1, 0.15) is 43.4 Å². The van der Waals surface area contributed by atoms with Gasteiger partial charge in [0.2, 0.25) is 0 Å². The van der Waals surface area contributed by atoms with Crippen molar-refractivity contribution in [2.75, 3.05) is 6.61 Å². The molecule has 0 heterocycles. The Morgan fingerprint density at radius 1 is 0.905 bits per heavy atom. The van der Waals surface area contributed by atoms with Crippen LogP contribution in [0.3, 0.4) is 0 Å². The molecule has 21 heavy (non-hydrogen) atoms. The molecule has 0 saturated carbocycles. The lowest BCUT2D eigenvalue weighted by Crippen LogP contribution is -2.24. The smallest absolute Gasteiger partial charge is 0.119 e. The minimum Gasteiger partial charge on any atom is -0.493 e. The topological polar surface area (TPSA) is 9.23 Å². The van der Waals surface area contributed by atoms with Crippen LogP contribution < -0.4 is 4.74 Å². The second-order valence-electron chi connectivity index (χ2n) is 6.89. The number of benzene rings is 2. The maximum atomic E-state index is 6.08. The number of hydrogen-bond donors (Lipinski definition) is 0. The van der Waals surface area contributed by atoms with E-state index in [4.69, 9.17) is 4.74 Å². The van der Waals surface area contributed by atoms with Crippen LogP contribution in [0, 0.1) is 19.3 Å². The van der Waals surface area contributed by atoms with Crippen LogP contribution in [0.4, 0.5) is 0 Å².